The van der Waals surface area contributed by atoms with E-state index in [0.717, 1.165) is 38.5 Å². The van der Waals surface area contributed by atoms with E-state index < -0.39 is 6.04 Å². The quantitative estimate of drug-likeness (QED) is 0.0677. The van der Waals surface area contributed by atoms with Gasteiger partial charge in [0.2, 0.25) is 5.91 Å². The van der Waals surface area contributed by atoms with Crippen molar-refractivity contribution in [2.75, 3.05) is 5.75 Å². The third-order valence-electron chi connectivity index (χ3n) is 5.92. The zero-order chi connectivity index (χ0) is 29.8. The molecule has 0 rings (SSSR count). The van der Waals surface area contributed by atoms with Gasteiger partial charge in [-0.2, -0.15) is 0 Å². The van der Waals surface area contributed by atoms with Crippen LogP contribution in [0.3, 0.4) is 0 Å². The molecule has 0 heterocycles. The first kappa shape index (κ1) is 38.3. The third-order valence-corrected chi connectivity index (χ3v) is 7.64. The first-order valence-corrected chi connectivity index (χ1v) is 16.4. The van der Waals surface area contributed by atoms with Crippen LogP contribution in [-0.4, -0.2) is 40.9 Å². The van der Waals surface area contributed by atoms with Crippen LogP contribution in [0.2, 0.25) is 0 Å². The Morgan fingerprint density at radius 2 is 1.60 bits per heavy atom. The number of ketones is 1. The van der Waals surface area contributed by atoms with Gasteiger partial charge in [0.05, 0.1) is 12.1 Å². The largest absolute Gasteiger partial charge is 0.361 e. The van der Waals surface area contributed by atoms with E-state index in [1.165, 1.54) is 6.42 Å². The topological polar surface area (TPSA) is 81.4 Å². The average Bonchev–Trinajstić information content (AvgIpc) is 2.93. The van der Waals surface area contributed by atoms with Gasteiger partial charge in [0.25, 0.3) is 0 Å². The summed E-state index contributed by atoms with van der Waals surface area (Å²) in [5, 5.41) is 2.97. The minimum Gasteiger partial charge on any atom is -0.361 e. The lowest BCUT2D eigenvalue weighted by Gasteiger charge is -2.25. The van der Waals surface area contributed by atoms with Crippen LogP contribution >= 0.6 is 21.2 Å². The minimum atomic E-state index is -0.522. The highest BCUT2D eigenvalue weighted by Gasteiger charge is 2.24. The monoisotopic (exact) mass is 590 g/mol. The summed E-state index contributed by atoms with van der Waals surface area (Å²) in [6.07, 6.45) is 33.4. The van der Waals surface area contributed by atoms with Crippen molar-refractivity contribution < 1.29 is 14.1 Å². The summed E-state index contributed by atoms with van der Waals surface area (Å²) in [6, 6.07) is -0.570. The molecule has 0 spiro atoms. The lowest BCUT2D eigenvalue weighted by Crippen LogP contribution is -2.43. The highest BCUT2D eigenvalue weighted by atomic mass is 32.2. The molecule has 7 heteroatoms. The van der Waals surface area contributed by atoms with Crippen molar-refractivity contribution >= 4 is 32.9 Å². The van der Waals surface area contributed by atoms with Crippen LogP contribution in [0.15, 0.2) is 72.9 Å². The van der Waals surface area contributed by atoms with E-state index in [0.29, 0.717) is 25.0 Å². The van der Waals surface area contributed by atoms with E-state index in [9.17, 15) is 9.59 Å². The third kappa shape index (κ3) is 22.0. The molecular weight excluding hydrogens is 535 g/mol. The molecule has 3 N–H and O–H groups in total. The number of carbonyl (C=O) groups is 2. The molecule has 0 aliphatic heterocycles. The van der Waals surface area contributed by atoms with Crippen LogP contribution in [0.4, 0.5) is 0 Å². The van der Waals surface area contributed by atoms with E-state index in [1.807, 2.05) is 32.1 Å². The summed E-state index contributed by atoms with van der Waals surface area (Å²) < 4.78 is 5.77. The van der Waals surface area contributed by atoms with Crippen molar-refractivity contribution in [1.82, 2.24) is 5.32 Å². The first-order valence-electron chi connectivity index (χ1n) is 14.9. The zero-order valence-electron chi connectivity index (χ0n) is 25.3. The summed E-state index contributed by atoms with van der Waals surface area (Å²) in [6.45, 7) is 8.15. The smallest absolute Gasteiger partial charge is 0.220 e. The predicted octanol–water partition coefficient (Wildman–Crippen LogP) is 7.96. The SMILES string of the molecule is CCC=CCC(OP)C(C=CC=CC=CCC=CCC=CCCC)SCC(NC(=O)CCC(C)N)C(=O)CCC. The Balaban J connectivity index is 5.25. The van der Waals surface area contributed by atoms with E-state index in [1.54, 1.807) is 11.8 Å². The summed E-state index contributed by atoms with van der Waals surface area (Å²) in [4.78, 5) is 25.3. The Labute approximate surface area is 251 Å². The minimum absolute atomic E-state index is 0.00854. The fourth-order valence-corrected chi connectivity index (χ4v) is 5.28. The highest BCUT2D eigenvalue weighted by Crippen LogP contribution is 2.25. The Bertz CT molecular complexity index is 834. The maximum absolute atomic E-state index is 12.8. The molecule has 0 saturated heterocycles. The molecule has 1 amide bonds. The molecule has 0 radical (unpaired) electrons. The van der Waals surface area contributed by atoms with E-state index in [2.05, 4.69) is 83.3 Å². The van der Waals surface area contributed by atoms with Crippen LogP contribution in [0, 0.1) is 0 Å². The number of allylic oxidation sites excluding steroid dienone is 10. The lowest BCUT2D eigenvalue weighted by atomic mass is 10.1. The molecule has 0 aliphatic carbocycles. The molecule has 226 valence electrons. The van der Waals surface area contributed by atoms with E-state index >= 15 is 0 Å². The van der Waals surface area contributed by atoms with E-state index in [4.69, 9.17) is 10.3 Å². The number of nitrogens with one attached hydrogen (secondary N) is 1. The number of rotatable bonds is 24. The Hall–Kier alpha value is -1.72. The molecule has 0 bridgehead atoms. The van der Waals surface area contributed by atoms with Gasteiger partial charge in [-0.1, -0.05) is 100 Å². The Kier molecular flexibility index (Phi) is 26.3. The standard InChI is InChI=1S/C33H55N2O3PS/c1-5-8-10-11-12-13-14-15-16-17-18-19-21-24-32(31(38-39)23-20-9-6-2)40-27-29(30(36)22-7-3)35-33(37)26-25-28(4)34/h9-11,13-14,16-21,24,28-29,31-32H,5-8,12,15,22-23,25-27,34,39H2,1-4H3,(H,35,37). The molecule has 5 nitrogen and oxygen atoms in total. The highest BCUT2D eigenvalue weighted by molar-refractivity contribution is 8.00. The normalized spacial score (nSPS) is 15.8. The van der Waals surface area contributed by atoms with Crippen molar-refractivity contribution in [3.05, 3.63) is 72.9 Å². The fraction of sp³-hybridized carbons (Fsp3) is 0.576. The molecule has 0 aliphatic rings. The van der Waals surface area contributed by atoms with Gasteiger partial charge in [0.15, 0.2) is 5.78 Å². The average molecular weight is 591 g/mol. The van der Waals surface area contributed by atoms with Crippen molar-refractivity contribution in [2.45, 2.75) is 115 Å². The number of hydrogen-bond acceptors (Lipinski definition) is 5. The molecule has 0 fully saturated rings. The van der Waals surface area contributed by atoms with Crippen molar-refractivity contribution in [3.8, 4) is 0 Å². The van der Waals surface area contributed by atoms with E-state index in [-0.39, 0.29) is 29.1 Å². The van der Waals surface area contributed by atoms with Gasteiger partial charge in [0.1, 0.15) is 0 Å². The molecule has 5 unspecified atom stereocenters. The molecule has 0 aromatic heterocycles. The number of nitrogens with two attached hydrogens (primary N) is 1. The fourth-order valence-electron chi connectivity index (χ4n) is 3.61. The number of unbranched alkanes of at least 4 members (excludes halogenated alkanes) is 1. The second-order valence-corrected chi connectivity index (χ2v) is 11.3. The Morgan fingerprint density at radius 3 is 2.25 bits per heavy atom. The first-order chi connectivity index (χ1) is 19.4. The van der Waals surface area contributed by atoms with Gasteiger partial charge in [-0.05, 0) is 51.9 Å². The zero-order valence-corrected chi connectivity index (χ0v) is 27.3. The van der Waals surface area contributed by atoms with Crippen LogP contribution in [0.5, 0.6) is 0 Å². The summed E-state index contributed by atoms with van der Waals surface area (Å²) in [7, 11) is 2.39. The second-order valence-electron chi connectivity index (χ2n) is 9.84. The number of carbonyl (C=O) groups excluding carboxylic acids is 2. The van der Waals surface area contributed by atoms with Gasteiger partial charge in [-0.15, -0.1) is 11.8 Å². The number of thioether (sulfide) groups is 1. The number of hydrogen-bond donors (Lipinski definition) is 2. The van der Waals surface area contributed by atoms with Gasteiger partial charge >= 0.3 is 0 Å². The molecule has 0 saturated carbocycles. The van der Waals surface area contributed by atoms with Crippen LogP contribution in [0.1, 0.15) is 91.9 Å². The van der Waals surface area contributed by atoms with Gasteiger partial charge < -0.3 is 15.6 Å². The van der Waals surface area contributed by atoms with Crippen LogP contribution in [-0.2, 0) is 14.1 Å². The lowest BCUT2D eigenvalue weighted by molar-refractivity contribution is -0.127. The Morgan fingerprint density at radius 1 is 0.900 bits per heavy atom. The predicted molar refractivity (Wildman–Crippen MR) is 179 cm³/mol. The number of Topliss-reactive ketones (excluding diaryl/α,β-unsaturated/α-hetero) is 1. The van der Waals surface area contributed by atoms with Crippen molar-refractivity contribution in [2.24, 2.45) is 5.73 Å². The molecule has 0 aromatic rings. The molecule has 40 heavy (non-hydrogen) atoms. The molecular formula is C33H55N2O3PS. The summed E-state index contributed by atoms with van der Waals surface area (Å²) in [5.41, 5.74) is 5.80. The van der Waals surface area contributed by atoms with Crippen LogP contribution < -0.4 is 11.1 Å². The van der Waals surface area contributed by atoms with Crippen molar-refractivity contribution in [3.63, 3.8) is 0 Å². The van der Waals surface area contributed by atoms with Crippen LogP contribution in [0.25, 0.3) is 0 Å². The summed E-state index contributed by atoms with van der Waals surface area (Å²) >= 11 is 1.64. The van der Waals surface area contributed by atoms with Gasteiger partial charge in [-0.3, -0.25) is 9.59 Å². The van der Waals surface area contributed by atoms with Crippen molar-refractivity contribution in [1.29, 1.82) is 0 Å². The maximum atomic E-state index is 12.8. The second kappa shape index (κ2) is 27.4. The van der Waals surface area contributed by atoms with Gasteiger partial charge in [0, 0.05) is 39.4 Å². The van der Waals surface area contributed by atoms with Gasteiger partial charge in [-0.25, -0.2) is 0 Å². The molecule has 5 atom stereocenters. The summed E-state index contributed by atoms with van der Waals surface area (Å²) in [5.74, 6) is 0.433. The number of amides is 1. The maximum Gasteiger partial charge on any atom is 0.220 e. The molecule has 0 aromatic carbocycles.